The molecule has 0 aromatic carbocycles. The van der Waals surface area contributed by atoms with Crippen LogP contribution >= 0.6 is 11.6 Å². The van der Waals surface area contributed by atoms with Crippen LogP contribution in [0.1, 0.15) is 38.5 Å². The van der Waals surface area contributed by atoms with Crippen LogP contribution in [0.2, 0.25) is 5.02 Å². The first kappa shape index (κ1) is 13.7. The summed E-state index contributed by atoms with van der Waals surface area (Å²) in [5, 5.41) is 7.17. The second-order valence-electron chi connectivity index (χ2n) is 5.85. The number of carbonyl (C=O) groups is 1. The molecule has 1 aromatic rings. The van der Waals surface area contributed by atoms with Crippen molar-refractivity contribution in [2.24, 2.45) is 5.92 Å². The van der Waals surface area contributed by atoms with Crippen LogP contribution < -0.4 is 10.6 Å². The minimum atomic E-state index is 0.147. The Morgan fingerprint density at radius 3 is 2.75 bits per heavy atom. The average molecular weight is 294 g/mol. The number of hydrogen-bond acceptors (Lipinski definition) is 3. The number of nitrogens with zero attached hydrogens (tertiary/aromatic N) is 1. The summed E-state index contributed by atoms with van der Waals surface area (Å²) in [7, 11) is 0. The lowest BCUT2D eigenvalue weighted by atomic mass is 9.85. The molecule has 0 spiro atoms. The van der Waals surface area contributed by atoms with E-state index in [2.05, 4.69) is 15.6 Å². The number of aromatic nitrogens is 1. The molecule has 0 saturated heterocycles. The molecule has 0 bridgehead atoms. The normalized spacial score (nSPS) is 26.1. The number of pyridine rings is 1. The monoisotopic (exact) mass is 293 g/mol. The number of rotatable bonds is 4. The summed E-state index contributed by atoms with van der Waals surface area (Å²) in [4.78, 5) is 16.4. The van der Waals surface area contributed by atoms with Gasteiger partial charge in [0.15, 0.2) is 0 Å². The zero-order chi connectivity index (χ0) is 13.9. The van der Waals surface area contributed by atoms with E-state index >= 15 is 0 Å². The second-order valence-corrected chi connectivity index (χ2v) is 6.29. The molecule has 1 heterocycles. The van der Waals surface area contributed by atoms with Crippen molar-refractivity contribution in [2.45, 2.75) is 50.6 Å². The van der Waals surface area contributed by atoms with Crippen molar-refractivity contribution in [2.75, 3.05) is 5.32 Å². The van der Waals surface area contributed by atoms with Crippen LogP contribution in [0.4, 0.5) is 5.82 Å². The largest absolute Gasteiger partial charge is 0.367 e. The van der Waals surface area contributed by atoms with Crippen molar-refractivity contribution in [3.8, 4) is 0 Å². The molecule has 2 fully saturated rings. The lowest BCUT2D eigenvalue weighted by Gasteiger charge is -2.29. The lowest BCUT2D eigenvalue weighted by Crippen LogP contribution is -2.38. The predicted molar refractivity (Wildman–Crippen MR) is 79.8 cm³/mol. The summed E-state index contributed by atoms with van der Waals surface area (Å²) < 4.78 is 0. The quantitative estimate of drug-likeness (QED) is 0.897. The minimum absolute atomic E-state index is 0.147. The molecule has 2 saturated carbocycles. The fourth-order valence-corrected chi connectivity index (χ4v) is 2.89. The summed E-state index contributed by atoms with van der Waals surface area (Å²) in [5.41, 5.74) is 0. The summed E-state index contributed by atoms with van der Waals surface area (Å²) in [6, 6.07) is 4.49. The fourth-order valence-electron chi connectivity index (χ4n) is 2.78. The van der Waals surface area contributed by atoms with Crippen LogP contribution in [0.25, 0.3) is 0 Å². The maximum absolute atomic E-state index is 12.1. The van der Waals surface area contributed by atoms with Gasteiger partial charge in [0.2, 0.25) is 5.91 Å². The van der Waals surface area contributed by atoms with Crippen molar-refractivity contribution in [1.29, 1.82) is 0 Å². The Kier molecular flexibility index (Phi) is 4.10. The molecule has 0 aliphatic heterocycles. The Labute approximate surface area is 124 Å². The van der Waals surface area contributed by atoms with Gasteiger partial charge in [-0.25, -0.2) is 4.98 Å². The molecule has 3 rings (SSSR count). The molecule has 2 atom stereocenters. The Balaban J connectivity index is 1.54. The Bertz CT molecular complexity index is 473. The van der Waals surface area contributed by atoms with Crippen LogP contribution in [-0.4, -0.2) is 23.0 Å². The van der Waals surface area contributed by atoms with Crippen molar-refractivity contribution >= 4 is 23.3 Å². The highest BCUT2D eigenvalue weighted by Crippen LogP contribution is 2.28. The molecule has 1 aromatic heterocycles. The summed E-state index contributed by atoms with van der Waals surface area (Å²) in [5.74, 6) is 1.22. The van der Waals surface area contributed by atoms with Crippen molar-refractivity contribution in [3.63, 3.8) is 0 Å². The van der Waals surface area contributed by atoms with Gasteiger partial charge in [-0.3, -0.25) is 4.79 Å². The predicted octanol–water partition coefficient (Wildman–Crippen LogP) is 2.98. The third-order valence-electron chi connectivity index (χ3n) is 4.05. The zero-order valence-electron chi connectivity index (χ0n) is 11.4. The Hall–Kier alpha value is -1.29. The van der Waals surface area contributed by atoms with E-state index < -0.39 is 0 Å². The average Bonchev–Trinajstić information content (AvgIpc) is 3.26. The minimum Gasteiger partial charge on any atom is -0.367 e. The third-order valence-corrected chi connectivity index (χ3v) is 4.27. The van der Waals surface area contributed by atoms with Crippen molar-refractivity contribution in [3.05, 3.63) is 23.4 Å². The number of carbonyl (C=O) groups excluding carboxylic acids is 1. The van der Waals surface area contributed by atoms with E-state index in [0.29, 0.717) is 17.1 Å². The van der Waals surface area contributed by atoms with E-state index in [-0.39, 0.29) is 11.8 Å². The topological polar surface area (TPSA) is 54.0 Å². The number of amides is 1. The molecule has 4 nitrogen and oxygen atoms in total. The first-order valence-electron chi connectivity index (χ1n) is 7.39. The van der Waals surface area contributed by atoms with Gasteiger partial charge >= 0.3 is 0 Å². The Morgan fingerprint density at radius 2 is 2.05 bits per heavy atom. The molecule has 0 radical (unpaired) electrons. The zero-order valence-corrected chi connectivity index (χ0v) is 12.2. The van der Waals surface area contributed by atoms with Gasteiger partial charge in [0.25, 0.3) is 0 Å². The van der Waals surface area contributed by atoms with Gasteiger partial charge in [-0.1, -0.05) is 18.0 Å². The number of halogens is 1. The van der Waals surface area contributed by atoms with Gasteiger partial charge in [0, 0.05) is 24.2 Å². The summed E-state index contributed by atoms with van der Waals surface area (Å²) >= 11 is 5.83. The first-order chi connectivity index (χ1) is 9.70. The van der Waals surface area contributed by atoms with Gasteiger partial charge in [0.1, 0.15) is 5.82 Å². The molecule has 5 heteroatoms. The molecule has 2 aliphatic carbocycles. The number of hydrogen-bond donors (Lipinski definition) is 2. The highest BCUT2D eigenvalue weighted by molar-refractivity contribution is 6.30. The van der Waals surface area contributed by atoms with Crippen molar-refractivity contribution in [1.82, 2.24) is 10.3 Å². The number of nitrogens with one attached hydrogen (secondary N) is 2. The SMILES string of the molecule is O=C(NC1CC1)[C@@H]1CCC[C@H](Nc2ccc(Cl)cn2)C1. The maximum Gasteiger partial charge on any atom is 0.223 e. The van der Waals surface area contributed by atoms with Gasteiger partial charge < -0.3 is 10.6 Å². The van der Waals surface area contributed by atoms with Crippen molar-refractivity contribution < 1.29 is 4.79 Å². The van der Waals surface area contributed by atoms with Gasteiger partial charge in [0.05, 0.1) is 5.02 Å². The van der Waals surface area contributed by atoms with Crippen LogP contribution in [0.5, 0.6) is 0 Å². The molecule has 20 heavy (non-hydrogen) atoms. The smallest absolute Gasteiger partial charge is 0.223 e. The van der Waals surface area contributed by atoms with Crippen LogP contribution in [0, 0.1) is 5.92 Å². The molecule has 2 aliphatic rings. The van der Waals surface area contributed by atoms with Gasteiger partial charge in [-0.15, -0.1) is 0 Å². The maximum atomic E-state index is 12.1. The molecule has 1 amide bonds. The molecule has 2 N–H and O–H groups in total. The van der Waals surface area contributed by atoms with E-state index in [4.69, 9.17) is 11.6 Å². The Morgan fingerprint density at radius 1 is 1.20 bits per heavy atom. The van der Waals surface area contributed by atoms with E-state index in [1.54, 1.807) is 6.20 Å². The highest BCUT2D eigenvalue weighted by atomic mass is 35.5. The van der Waals surface area contributed by atoms with E-state index in [0.717, 1.165) is 44.3 Å². The van der Waals surface area contributed by atoms with E-state index in [9.17, 15) is 4.79 Å². The third kappa shape index (κ3) is 3.63. The molecule has 108 valence electrons. The van der Waals surface area contributed by atoms with Gasteiger partial charge in [-0.05, 0) is 44.2 Å². The molecule has 0 unspecified atom stereocenters. The van der Waals surface area contributed by atoms with Gasteiger partial charge in [-0.2, -0.15) is 0 Å². The molecular weight excluding hydrogens is 274 g/mol. The van der Waals surface area contributed by atoms with Crippen LogP contribution in [-0.2, 0) is 4.79 Å². The first-order valence-corrected chi connectivity index (χ1v) is 7.77. The fraction of sp³-hybridized carbons (Fsp3) is 0.600. The number of anilines is 1. The summed E-state index contributed by atoms with van der Waals surface area (Å²) in [6.45, 7) is 0. The summed E-state index contributed by atoms with van der Waals surface area (Å²) in [6.07, 6.45) is 8.02. The van der Waals surface area contributed by atoms with Crippen LogP contribution in [0.3, 0.4) is 0 Å². The highest BCUT2D eigenvalue weighted by Gasteiger charge is 2.31. The van der Waals surface area contributed by atoms with Crippen LogP contribution in [0.15, 0.2) is 18.3 Å². The van der Waals surface area contributed by atoms with E-state index in [1.165, 1.54) is 0 Å². The molecular formula is C15H20ClN3O. The second kappa shape index (κ2) is 6.00. The van der Waals surface area contributed by atoms with E-state index in [1.807, 2.05) is 12.1 Å². The standard InChI is InChI=1S/C15H20ClN3O/c16-11-4-7-14(17-9-11)18-13-3-1-2-10(8-13)15(20)19-12-5-6-12/h4,7,9-10,12-13H,1-3,5-6,8H2,(H,17,18)(H,19,20)/t10-,13+/m1/s1. The lowest BCUT2D eigenvalue weighted by molar-refractivity contribution is -0.126.